The summed E-state index contributed by atoms with van der Waals surface area (Å²) in [5, 5.41) is 0. The number of rotatable bonds is 1. The number of amides is 1. The van der Waals surface area contributed by atoms with Crippen molar-refractivity contribution in [3.63, 3.8) is 0 Å². The zero-order chi connectivity index (χ0) is 14.3. The molecule has 6 heteroatoms. The molecular weight excluding hydrogens is 264 g/mol. The maximum Gasteiger partial charge on any atom is 0.256 e. The second kappa shape index (κ2) is 5.01. The van der Waals surface area contributed by atoms with Crippen molar-refractivity contribution in [2.24, 2.45) is 0 Å². The zero-order valence-electron chi connectivity index (χ0n) is 11.1. The van der Waals surface area contributed by atoms with Crippen LogP contribution < -0.4 is 5.73 Å². The fourth-order valence-electron chi connectivity index (χ4n) is 3.09. The van der Waals surface area contributed by atoms with Crippen molar-refractivity contribution in [1.82, 2.24) is 9.80 Å². The smallest absolute Gasteiger partial charge is 0.256 e. The van der Waals surface area contributed by atoms with Crippen LogP contribution in [0.25, 0.3) is 0 Å². The lowest BCUT2D eigenvalue weighted by atomic mass is 10.1. The first-order chi connectivity index (χ1) is 9.56. The van der Waals surface area contributed by atoms with Crippen LogP contribution in [0.1, 0.15) is 23.2 Å². The molecule has 0 aliphatic carbocycles. The van der Waals surface area contributed by atoms with Crippen LogP contribution in [0.5, 0.6) is 0 Å². The first-order valence-electron chi connectivity index (χ1n) is 6.84. The first kappa shape index (κ1) is 13.3. The van der Waals surface area contributed by atoms with Gasteiger partial charge < -0.3 is 10.6 Å². The second-order valence-corrected chi connectivity index (χ2v) is 5.44. The number of halogens is 2. The summed E-state index contributed by atoms with van der Waals surface area (Å²) in [6.45, 7) is 3.16. The molecule has 3 rings (SSSR count). The van der Waals surface area contributed by atoms with E-state index in [2.05, 4.69) is 4.90 Å². The monoisotopic (exact) mass is 281 g/mol. The van der Waals surface area contributed by atoms with Crippen LogP contribution in [0, 0.1) is 11.6 Å². The van der Waals surface area contributed by atoms with Crippen LogP contribution in [0.2, 0.25) is 0 Å². The third-order valence-electron chi connectivity index (χ3n) is 4.20. The molecule has 0 aromatic heterocycles. The Labute approximate surface area is 116 Å². The summed E-state index contributed by atoms with van der Waals surface area (Å²) in [6.07, 6.45) is 2.23. The van der Waals surface area contributed by atoms with Gasteiger partial charge in [-0.2, -0.15) is 0 Å². The molecule has 1 aromatic carbocycles. The molecule has 0 bridgehead atoms. The molecule has 108 valence electrons. The van der Waals surface area contributed by atoms with Crippen LogP contribution >= 0.6 is 0 Å². The van der Waals surface area contributed by atoms with Crippen LogP contribution in [0.3, 0.4) is 0 Å². The fraction of sp³-hybridized carbons (Fsp3) is 0.500. The van der Waals surface area contributed by atoms with Gasteiger partial charge in [-0.3, -0.25) is 9.69 Å². The van der Waals surface area contributed by atoms with Gasteiger partial charge in [0.25, 0.3) is 5.91 Å². The molecule has 0 saturated carbocycles. The summed E-state index contributed by atoms with van der Waals surface area (Å²) in [5.74, 6) is -2.38. The Morgan fingerprint density at radius 2 is 1.95 bits per heavy atom. The minimum atomic E-state index is -1.04. The Morgan fingerprint density at radius 1 is 1.20 bits per heavy atom. The number of nitrogens with zero attached hydrogens (tertiary/aromatic N) is 2. The minimum absolute atomic E-state index is 0.0113. The number of fused-ring (bicyclic) bond motifs is 1. The molecule has 4 nitrogen and oxygen atoms in total. The summed E-state index contributed by atoms with van der Waals surface area (Å²) in [7, 11) is 0. The van der Waals surface area contributed by atoms with Gasteiger partial charge >= 0.3 is 0 Å². The number of nitrogens with two attached hydrogens (primary N) is 1. The zero-order valence-corrected chi connectivity index (χ0v) is 11.1. The van der Waals surface area contributed by atoms with E-state index in [-0.39, 0.29) is 17.2 Å². The number of benzene rings is 1. The van der Waals surface area contributed by atoms with Gasteiger partial charge in [0, 0.05) is 37.4 Å². The third-order valence-corrected chi connectivity index (χ3v) is 4.20. The lowest BCUT2D eigenvalue weighted by Crippen LogP contribution is -2.52. The topological polar surface area (TPSA) is 49.6 Å². The van der Waals surface area contributed by atoms with E-state index in [1.54, 1.807) is 4.90 Å². The van der Waals surface area contributed by atoms with E-state index in [1.165, 1.54) is 0 Å². The normalized spacial score (nSPS) is 22.9. The molecule has 1 amide bonds. The Hall–Kier alpha value is -1.69. The molecule has 20 heavy (non-hydrogen) atoms. The number of nitrogen functional groups attached to an aromatic ring is 1. The molecule has 0 radical (unpaired) electrons. The second-order valence-electron chi connectivity index (χ2n) is 5.44. The Bertz CT molecular complexity index is 549. The van der Waals surface area contributed by atoms with Crippen molar-refractivity contribution in [2.75, 3.05) is 31.9 Å². The maximum absolute atomic E-state index is 13.3. The van der Waals surface area contributed by atoms with Crippen molar-refractivity contribution < 1.29 is 13.6 Å². The summed E-state index contributed by atoms with van der Waals surface area (Å²) in [5.41, 5.74) is 5.68. The van der Waals surface area contributed by atoms with E-state index in [9.17, 15) is 13.6 Å². The van der Waals surface area contributed by atoms with Crippen LogP contribution in [-0.2, 0) is 0 Å². The fourth-order valence-corrected chi connectivity index (χ4v) is 3.09. The minimum Gasteiger partial charge on any atom is -0.398 e. The van der Waals surface area contributed by atoms with Gasteiger partial charge in [0.1, 0.15) is 0 Å². The number of carbonyl (C=O) groups is 1. The standard InChI is InChI=1S/C14H17F2N3O/c15-11-6-10(13(17)7-12(11)16)14(20)19-5-4-18-3-1-2-9(18)8-19/h6-7,9H,1-5,8,17H2. The highest BCUT2D eigenvalue weighted by molar-refractivity contribution is 5.99. The van der Waals surface area contributed by atoms with Gasteiger partial charge in [-0.05, 0) is 25.5 Å². The highest BCUT2D eigenvalue weighted by Gasteiger charge is 2.33. The van der Waals surface area contributed by atoms with Crippen molar-refractivity contribution in [1.29, 1.82) is 0 Å². The third kappa shape index (κ3) is 2.24. The van der Waals surface area contributed by atoms with E-state index < -0.39 is 11.6 Å². The van der Waals surface area contributed by atoms with E-state index in [0.717, 1.165) is 38.1 Å². The molecular formula is C14H17F2N3O. The van der Waals surface area contributed by atoms with Gasteiger partial charge in [0.2, 0.25) is 0 Å². The van der Waals surface area contributed by atoms with E-state index in [0.29, 0.717) is 19.1 Å². The molecule has 2 heterocycles. The van der Waals surface area contributed by atoms with Gasteiger partial charge in [-0.25, -0.2) is 8.78 Å². The van der Waals surface area contributed by atoms with E-state index in [1.807, 2.05) is 0 Å². The molecule has 2 fully saturated rings. The molecule has 2 aliphatic heterocycles. The summed E-state index contributed by atoms with van der Waals surface area (Å²) in [6, 6.07) is 2.15. The van der Waals surface area contributed by atoms with Gasteiger partial charge in [-0.15, -0.1) is 0 Å². The number of hydrogen-bond donors (Lipinski definition) is 1. The van der Waals surface area contributed by atoms with Gasteiger partial charge in [0.05, 0.1) is 5.56 Å². The van der Waals surface area contributed by atoms with Gasteiger partial charge in [0.15, 0.2) is 11.6 Å². The molecule has 2 aliphatic rings. The van der Waals surface area contributed by atoms with E-state index >= 15 is 0 Å². The lowest BCUT2D eigenvalue weighted by Gasteiger charge is -2.37. The molecule has 1 atom stereocenters. The summed E-state index contributed by atoms with van der Waals surface area (Å²) in [4.78, 5) is 16.5. The van der Waals surface area contributed by atoms with Crippen molar-refractivity contribution in [2.45, 2.75) is 18.9 Å². The van der Waals surface area contributed by atoms with Crippen LogP contribution in [0.4, 0.5) is 14.5 Å². The Balaban J connectivity index is 1.80. The molecule has 0 spiro atoms. The molecule has 2 saturated heterocycles. The van der Waals surface area contributed by atoms with Crippen molar-refractivity contribution >= 4 is 11.6 Å². The number of carbonyl (C=O) groups excluding carboxylic acids is 1. The van der Waals surface area contributed by atoms with Crippen LogP contribution in [0.15, 0.2) is 12.1 Å². The largest absolute Gasteiger partial charge is 0.398 e. The number of anilines is 1. The predicted molar refractivity (Wildman–Crippen MR) is 71.3 cm³/mol. The predicted octanol–water partition coefficient (Wildman–Crippen LogP) is 1.47. The Kier molecular flexibility index (Phi) is 3.33. The average Bonchev–Trinajstić information content (AvgIpc) is 2.89. The highest BCUT2D eigenvalue weighted by atomic mass is 19.2. The molecule has 1 unspecified atom stereocenters. The summed E-state index contributed by atoms with van der Waals surface area (Å²) < 4.78 is 26.3. The Morgan fingerprint density at radius 3 is 2.75 bits per heavy atom. The van der Waals surface area contributed by atoms with E-state index in [4.69, 9.17) is 5.73 Å². The van der Waals surface area contributed by atoms with Crippen molar-refractivity contribution in [3.8, 4) is 0 Å². The first-order valence-corrected chi connectivity index (χ1v) is 6.84. The van der Waals surface area contributed by atoms with Gasteiger partial charge in [-0.1, -0.05) is 0 Å². The van der Waals surface area contributed by atoms with Crippen molar-refractivity contribution in [3.05, 3.63) is 29.3 Å². The molecule has 1 aromatic rings. The number of hydrogen-bond acceptors (Lipinski definition) is 3. The quantitative estimate of drug-likeness (QED) is 0.793. The highest BCUT2D eigenvalue weighted by Crippen LogP contribution is 2.24. The summed E-state index contributed by atoms with van der Waals surface area (Å²) >= 11 is 0. The lowest BCUT2D eigenvalue weighted by molar-refractivity contribution is 0.0572. The SMILES string of the molecule is Nc1cc(F)c(F)cc1C(=O)N1CCN2CCCC2C1. The maximum atomic E-state index is 13.3. The average molecular weight is 281 g/mol. The number of piperazine rings is 1. The van der Waals surface area contributed by atoms with Crippen LogP contribution in [-0.4, -0.2) is 47.9 Å². The molecule has 2 N–H and O–H groups in total.